The van der Waals surface area contributed by atoms with E-state index in [9.17, 15) is 9.59 Å². The Balaban J connectivity index is 1.33. The van der Waals surface area contributed by atoms with Crippen LogP contribution in [0.4, 0.5) is 0 Å². The molecule has 2 aromatic carbocycles. The number of aromatic nitrogens is 5. The first-order chi connectivity index (χ1) is 16.0. The Morgan fingerprint density at radius 3 is 2.73 bits per heavy atom. The summed E-state index contributed by atoms with van der Waals surface area (Å²) < 4.78 is 10.1. The molecule has 33 heavy (non-hydrogen) atoms. The average molecular weight is 442 g/mol. The first kappa shape index (κ1) is 20.5. The van der Waals surface area contributed by atoms with Crippen LogP contribution in [-0.2, 0) is 13.6 Å². The largest absolute Gasteiger partial charge is 0.497 e. The molecule has 0 fully saturated rings. The highest BCUT2D eigenvalue weighted by Gasteiger charge is 2.15. The topological polar surface area (TPSA) is 95.5 Å². The maximum Gasteiger partial charge on any atom is 0.276 e. The number of hydrogen-bond acceptors (Lipinski definition) is 5. The average Bonchev–Trinajstić information content (AvgIpc) is 3.43. The minimum atomic E-state index is -0.273. The van der Waals surface area contributed by atoms with Crippen LogP contribution in [0, 0.1) is 0 Å². The fourth-order valence-corrected chi connectivity index (χ4v) is 3.88. The van der Waals surface area contributed by atoms with Crippen LogP contribution < -0.4 is 15.6 Å². The van der Waals surface area contributed by atoms with Crippen molar-refractivity contribution < 1.29 is 9.53 Å². The smallest absolute Gasteiger partial charge is 0.276 e. The molecule has 0 atom stereocenters. The van der Waals surface area contributed by atoms with Gasteiger partial charge < -0.3 is 14.6 Å². The van der Waals surface area contributed by atoms with Crippen LogP contribution in [0.1, 0.15) is 10.5 Å². The number of ether oxygens (including phenoxy) is 1. The first-order valence-electron chi connectivity index (χ1n) is 10.5. The van der Waals surface area contributed by atoms with E-state index in [4.69, 9.17) is 4.74 Å². The van der Waals surface area contributed by atoms with Gasteiger partial charge in [0.15, 0.2) is 5.69 Å². The summed E-state index contributed by atoms with van der Waals surface area (Å²) >= 11 is 0. The monoisotopic (exact) mass is 442 g/mol. The Kier molecular flexibility index (Phi) is 5.14. The number of methoxy groups -OCH3 is 1. The first-order valence-corrected chi connectivity index (χ1v) is 10.5. The van der Waals surface area contributed by atoms with Crippen molar-refractivity contribution in [3.63, 3.8) is 0 Å². The van der Waals surface area contributed by atoms with Crippen LogP contribution in [0.3, 0.4) is 0 Å². The molecule has 0 bridgehead atoms. The summed E-state index contributed by atoms with van der Waals surface area (Å²) in [7, 11) is 3.41. The minimum absolute atomic E-state index is 0.184. The van der Waals surface area contributed by atoms with Crippen molar-refractivity contribution in [2.75, 3.05) is 13.7 Å². The van der Waals surface area contributed by atoms with E-state index >= 15 is 0 Å². The van der Waals surface area contributed by atoms with Gasteiger partial charge in [-0.1, -0.05) is 30.3 Å². The van der Waals surface area contributed by atoms with Gasteiger partial charge in [-0.3, -0.25) is 14.3 Å². The number of carbonyl (C=O) groups is 1. The summed E-state index contributed by atoms with van der Waals surface area (Å²) in [6.07, 6.45) is 3.40. The third kappa shape index (κ3) is 3.73. The van der Waals surface area contributed by atoms with Gasteiger partial charge in [-0.15, -0.1) is 0 Å². The Morgan fingerprint density at radius 2 is 1.88 bits per heavy atom. The molecule has 0 unspecified atom stereocenters. The Labute approximate surface area is 188 Å². The highest BCUT2D eigenvalue weighted by molar-refractivity contribution is 6.04. The maximum absolute atomic E-state index is 13.0. The van der Waals surface area contributed by atoms with Gasteiger partial charge in [0.05, 0.1) is 18.3 Å². The van der Waals surface area contributed by atoms with E-state index in [2.05, 4.69) is 15.5 Å². The summed E-state index contributed by atoms with van der Waals surface area (Å²) in [5, 5.41) is 12.5. The lowest BCUT2D eigenvalue weighted by Crippen LogP contribution is -2.31. The van der Waals surface area contributed by atoms with Crippen LogP contribution >= 0.6 is 0 Å². The molecule has 3 aromatic heterocycles. The lowest BCUT2D eigenvalue weighted by molar-refractivity contribution is 0.0948. The van der Waals surface area contributed by atoms with Crippen LogP contribution in [0.25, 0.3) is 27.7 Å². The number of nitrogens with zero attached hydrogens (tertiary/aromatic N) is 5. The predicted molar refractivity (Wildman–Crippen MR) is 124 cm³/mol. The number of benzene rings is 2. The lowest BCUT2D eigenvalue weighted by Gasteiger charge is -2.07. The number of carbonyl (C=O) groups excluding carboxylic acids is 1. The fraction of sp³-hybridized carbons (Fsp3) is 0.167. The van der Waals surface area contributed by atoms with E-state index in [1.165, 1.54) is 0 Å². The molecule has 0 aliphatic carbocycles. The molecule has 0 aliphatic heterocycles. The number of aryl methyl sites for hydroxylation is 1. The molecular formula is C24H22N6O3. The summed E-state index contributed by atoms with van der Waals surface area (Å²) in [6, 6.07) is 16.8. The number of para-hydroxylation sites is 1. The second-order valence-corrected chi connectivity index (χ2v) is 7.63. The van der Waals surface area contributed by atoms with E-state index in [0.717, 1.165) is 22.2 Å². The van der Waals surface area contributed by atoms with Crippen molar-refractivity contribution in [2.45, 2.75) is 6.54 Å². The van der Waals surface area contributed by atoms with Gasteiger partial charge in [-0.2, -0.15) is 10.2 Å². The molecule has 0 radical (unpaired) electrons. The standard InChI is InChI=1S/C24H22N6O3/c1-28-20-9-4-3-8-18(20)22(27-28)23(31)25-10-11-29-12-13-30-21(24(29)32)15-19(26-30)16-6-5-7-17(14-16)33-2/h3-9,12-15H,10-11H2,1-2H3,(H,25,31). The van der Waals surface area contributed by atoms with E-state index in [1.807, 2.05) is 48.5 Å². The number of nitrogens with one attached hydrogen (secondary N) is 1. The number of rotatable bonds is 6. The molecule has 166 valence electrons. The number of fused-ring (bicyclic) bond motifs is 2. The van der Waals surface area contributed by atoms with Gasteiger partial charge in [0.1, 0.15) is 11.3 Å². The molecule has 0 spiro atoms. The van der Waals surface area contributed by atoms with E-state index in [1.54, 1.807) is 46.4 Å². The zero-order chi connectivity index (χ0) is 22.9. The van der Waals surface area contributed by atoms with Crippen molar-refractivity contribution >= 4 is 22.3 Å². The maximum atomic E-state index is 13.0. The quantitative estimate of drug-likeness (QED) is 0.436. The van der Waals surface area contributed by atoms with Gasteiger partial charge in [0.25, 0.3) is 11.5 Å². The fourth-order valence-electron chi connectivity index (χ4n) is 3.88. The van der Waals surface area contributed by atoms with Gasteiger partial charge in [-0.05, 0) is 24.3 Å². The molecule has 9 nitrogen and oxygen atoms in total. The van der Waals surface area contributed by atoms with Crippen LogP contribution in [0.2, 0.25) is 0 Å². The van der Waals surface area contributed by atoms with Crippen molar-refractivity contribution in [1.29, 1.82) is 0 Å². The summed E-state index contributed by atoms with van der Waals surface area (Å²) in [5.41, 5.74) is 3.07. The number of amides is 1. The van der Waals surface area contributed by atoms with Crippen molar-refractivity contribution in [1.82, 2.24) is 29.3 Å². The van der Waals surface area contributed by atoms with Crippen molar-refractivity contribution in [3.8, 4) is 17.0 Å². The molecule has 9 heteroatoms. The van der Waals surface area contributed by atoms with E-state index in [-0.39, 0.29) is 18.0 Å². The van der Waals surface area contributed by atoms with Crippen LogP contribution in [0.5, 0.6) is 5.75 Å². The summed E-state index contributed by atoms with van der Waals surface area (Å²) in [6.45, 7) is 0.613. The van der Waals surface area contributed by atoms with Gasteiger partial charge in [-0.25, -0.2) is 4.52 Å². The molecule has 0 aliphatic rings. The second kappa shape index (κ2) is 8.27. The Bertz CT molecular complexity index is 1550. The third-order valence-corrected chi connectivity index (χ3v) is 5.58. The van der Waals surface area contributed by atoms with Crippen molar-refractivity contribution in [2.24, 2.45) is 7.05 Å². The SMILES string of the molecule is COc1cccc(-c2cc3c(=O)n(CCNC(=O)c4nn(C)c5ccccc45)ccn3n2)c1. The molecule has 0 saturated heterocycles. The van der Waals surface area contributed by atoms with Crippen LogP contribution in [-0.4, -0.2) is 43.5 Å². The zero-order valence-electron chi connectivity index (χ0n) is 18.2. The van der Waals surface area contributed by atoms with Gasteiger partial charge in [0.2, 0.25) is 0 Å². The van der Waals surface area contributed by atoms with Crippen LogP contribution in [0.15, 0.2) is 71.8 Å². The number of hydrogen-bond donors (Lipinski definition) is 1. The molecular weight excluding hydrogens is 420 g/mol. The molecule has 1 amide bonds. The molecule has 1 N–H and O–H groups in total. The predicted octanol–water partition coefficient (Wildman–Crippen LogP) is 2.49. The molecule has 5 aromatic rings. The molecule has 3 heterocycles. The van der Waals surface area contributed by atoms with E-state index < -0.39 is 0 Å². The highest BCUT2D eigenvalue weighted by atomic mass is 16.5. The molecule has 0 saturated carbocycles. The zero-order valence-corrected chi connectivity index (χ0v) is 18.2. The molecule has 5 rings (SSSR count). The van der Waals surface area contributed by atoms with Crippen molar-refractivity contribution in [3.05, 3.63) is 83.0 Å². The Hall–Kier alpha value is -4.40. The van der Waals surface area contributed by atoms with E-state index in [0.29, 0.717) is 23.4 Å². The highest BCUT2D eigenvalue weighted by Crippen LogP contribution is 2.23. The lowest BCUT2D eigenvalue weighted by atomic mass is 10.1. The van der Waals surface area contributed by atoms with Gasteiger partial charge in [0, 0.05) is 43.5 Å². The Morgan fingerprint density at radius 1 is 1.03 bits per heavy atom. The normalized spacial score (nSPS) is 11.2. The summed E-state index contributed by atoms with van der Waals surface area (Å²) in [5.74, 6) is 0.448. The third-order valence-electron chi connectivity index (χ3n) is 5.58. The minimum Gasteiger partial charge on any atom is -0.497 e. The second-order valence-electron chi connectivity index (χ2n) is 7.63. The van der Waals surface area contributed by atoms with Gasteiger partial charge >= 0.3 is 0 Å². The summed E-state index contributed by atoms with van der Waals surface area (Å²) in [4.78, 5) is 25.6.